The topological polar surface area (TPSA) is 65.0 Å². The third-order valence-corrected chi connectivity index (χ3v) is 3.53. The molecule has 0 amide bonds. The molecule has 0 saturated heterocycles. The highest BCUT2D eigenvalue weighted by Crippen LogP contribution is 2.28. The van der Waals surface area contributed by atoms with Gasteiger partial charge in [-0.3, -0.25) is 4.98 Å². The Bertz CT molecular complexity index is 860. The maximum Gasteiger partial charge on any atom is 0.0727 e. The van der Waals surface area contributed by atoms with E-state index in [1.807, 2.05) is 25.1 Å². The maximum absolute atomic E-state index is 10.8. The first-order valence-corrected chi connectivity index (χ1v) is 7.06. The standard InChI is InChI=1S/C17H13ClN2O2/c1-10-8-16(14-9-12(18)4-7-15(14)19-10)20-13-5-2-11(3-6-13)17(21)22/h2-9H,1H3,(H,19,20)(H,21,22)/p-1. The van der Waals surface area contributed by atoms with Crippen LogP contribution >= 0.6 is 11.6 Å². The molecule has 3 rings (SSSR count). The van der Waals surface area contributed by atoms with E-state index in [1.165, 1.54) is 12.1 Å². The Morgan fingerprint density at radius 3 is 2.55 bits per heavy atom. The summed E-state index contributed by atoms with van der Waals surface area (Å²) in [4.78, 5) is 15.2. The largest absolute Gasteiger partial charge is 0.545 e. The van der Waals surface area contributed by atoms with Crippen LogP contribution in [0.5, 0.6) is 0 Å². The van der Waals surface area contributed by atoms with Crippen molar-refractivity contribution in [1.29, 1.82) is 0 Å². The van der Waals surface area contributed by atoms with E-state index in [-0.39, 0.29) is 5.56 Å². The molecule has 4 nitrogen and oxygen atoms in total. The second-order valence-electron chi connectivity index (χ2n) is 4.96. The predicted molar refractivity (Wildman–Crippen MR) is 85.5 cm³/mol. The van der Waals surface area contributed by atoms with E-state index in [2.05, 4.69) is 10.3 Å². The summed E-state index contributed by atoms with van der Waals surface area (Å²) in [5.74, 6) is -1.19. The Morgan fingerprint density at radius 1 is 1.14 bits per heavy atom. The summed E-state index contributed by atoms with van der Waals surface area (Å²) >= 11 is 6.06. The minimum Gasteiger partial charge on any atom is -0.545 e. The Balaban J connectivity index is 2.02. The highest BCUT2D eigenvalue weighted by molar-refractivity contribution is 6.31. The second-order valence-corrected chi connectivity index (χ2v) is 5.40. The van der Waals surface area contributed by atoms with E-state index in [0.29, 0.717) is 5.02 Å². The van der Waals surface area contributed by atoms with Gasteiger partial charge in [0.05, 0.1) is 11.5 Å². The molecule has 1 heterocycles. The molecular weight excluding hydrogens is 300 g/mol. The number of nitrogens with one attached hydrogen (secondary N) is 1. The summed E-state index contributed by atoms with van der Waals surface area (Å²) in [7, 11) is 0. The van der Waals surface area contributed by atoms with Gasteiger partial charge in [0, 0.05) is 27.5 Å². The number of benzene rings is 2. The molecule has 2 aromatic carbocycles. The number of aromatic nitrogens is 1. The van der Waals surface area contributed by atoms with Crippen molar-refractivity contribution in [2.45, 2.75) is 6.92 Å². The molecule has 110 valence electrons. The summed E-state index contributed by atoms with van der Waals surface area (Å²) in [5.41, 5.74) is 3.51. The quantitative estimate of drug-likeness (QED) is 0.806. The fraction of sp³-hybridized carbons (Fsp3) is 0.0588. The van der Waals surface area contributed by atoms with Crippen LogP contribution in [0.2, 0.25) is 5.02 Å². The number of carbonyl (C=O) groups is 1. The van der Waals surface area contributed by atoms with Crippen LogP contribution in [0.25, 0.3) is 10.9 Å². The van der Waals surface area contributed by atoms with Gasteiger partial charge < -0.3 is 15.2 Å². The summed E-state index contributed by atoms with van der Waals surface area (Å²) in [5, 5.41) is 15.6. The van der Waals surface area contributed by atoms with Gasteiger partial charge in [0.15, 0.2) is 0 Å². The van der Waals surface area contributed by atoms with Crippen LogP contribution in [-0.4, -0.2) is 11.0 Å². The zero-order chi connectivity index (χ0) is 15.7. The van der Waals surface area contributed by atoms with E-state index in [4.69, 9.17) is 11.6 Å². The molecule has 0 spiro atoms. The van der Waals surface area contributed by atoms with Gasteiger partial charge in [0.25, 0.3) is 0 Å². The molecule has 5 heteroatoms. The van der Waals surface area contributed by atoms with Crippen LogP contribution in [0.15, 0.2) is 48.5 Å². The van der Waals surface area contributed by atoms with Gasteiger partial charge in [-0.2, -0.15) is 0 Å². The van der Waals surface area contributed by atoms with Gasteiger partial charge >= 0.3 is 0 Å². The molecule has 1 N–H and O–H groups in total. The van der Waals surface area contributed by atoms with Gasteiger partial charge in [-0.05, 0) is 48.9 Å². The third-order valence-electron chi connectivity index (χ3n) is 3.30. The molecule has 0 bridgehead atoms. The van der Waals surface area contributed by atoms with Crippen LogP contribution in [0, 0.1) is 6.92 Å². The number of hydrogen-bond acceptors (Lipinski definition) is 4. The zero-order valence-corrected chi connectivity index (χ0v) is 12.5. The molecule has 0 unspecified atom stereocenters. The molecular formula is C17H12ClN2O2-. The van der Waals surface area contributed by atoms with Gasteiger partial charge in [-0.15, -0.1) is 0 Å². The van der Waals surface area contributed by atoms with Crippen molar-refractivity contribution in [1.82, 2.24) is 4.98 Å². The van der Waals surface area contributed by atoms with Gasteiger partial charge in [0.2, 0.25) is 0 Å². The fourth-order valence-corrected chi connectivity index (χ4v) is 2.45. The van der Waals surface area contributed by atoms with Crippen molar-refractivity contribution in [2.24, 2.45) is 0 Å². The SMILES string of the molecule is Cc1cc(Nc2ccc(C(=O)[O-])cc2)c2cc(Cl)ccc2n1. The van der Waals surface area contributed by atoms with Crippen molar-refractivity contribution >= 4 is 39.8 Å². The number of aryl methyl sites for hydroxylation is 1. The lowest BCUT2D eigenvalue weighted by Gasteiger charge is -2.12. The lowest BCUT2D eigenvalue weighted by Crippen LogP contribution is -2.21. The Kier molecular flexibility index (Phi) is 3.69. The normalized spacial score (nSPS) is 10.6. The first-order chi connectivity index (χ1) is 10.5. The first kappa shape index (κ1) is 14.4. The van der Waals surface area contributed by atoms with E-state index >= 15 is 0 Å². The lowest BCUT2D eigenvalue weighted by molar-refractivity contribution is -0.255. The number of pyridine rings is 1. The van der Waals surface area contributed by atoms with Crippen LogP contribution in [0.1, 0.15) is 16.1 Å². The number of hydrogen-bond donors (Lipinski definition) is 1. The zero-order valence-electron chi connectivity index (χ0n) is 11.8. The summed E-state index contributed by atoms with van der Waals surface area (Å²) < 4.78 is 0. The number of nitrogens with zero attached hydrogens (tertiary/aromatic N) is 1. The van der Waals surface area contributed by atoms with Crippen molar-refractivity contribution < 1.29 is 9.90 Å². The molecule has 0 aliphatic rings. The van der Waals surface area contributed by atoms with Crippen molar-refractivity contribution in [2.75, 3.05) is 5.32 Å². The van der Waals surface area contributed by atoms with Crippen molar-refractivity contribution in [3.63, 3.8) is 0 Å². The molecule has 22 heavy (non-hydrogen) atoms. The van der Waals surface area contributed by atoms with Gasteiger partial charge in [-0.25, -0.2) is 0 Å². The van der Waals surface area contributed by atoms with Crippen LogP contribution in [0.3, 0.4) is 0 Å². The number of fused-ring (bicyclic) bond motifs is 1. The van der Waals surface area contributed by atoms with E-state index < -0.39 is 5.97 Å². The molecule has 0 fully saturated rings. The first-order valence-electron chi connectivity index (χ1n) is 6.68. The summed E-state index contributed by atoms with van der Waals surface area (Å²) in [6, 6.07) is 13.8. The maximum atomic E-state index is 10.8. The molecule has 0 saturated carbocycles. The number of anilines is 2. The number of aromatic carboxylic acids is 1. The number of carboxylic acids is 1. The van der Waals surface area contributed by atoms with E-state index in [1.54, 1.807) is 18.2 Å². The number of rotatable bonds is 3. The predicted octanol–water partition coefficient (Wildman–Crippen LogP) is 3.30. The van der Waals surface area contributed by atoms with Crippen LogP contribution in [-0.2, 0) is 0 Å². The number of halogens is 1. The van der Waals surface area contributed by atoms with Crippen molar-refractivity contribution in [3.8, 4) is 0 Å². The molecule has 0 radical (unpaired) electrons. The highest BCUT2D eigenvalue weighted by atomic mass is 35.5. The van der Waals surface area contributed by atoms with Gasteiger partial charge in [-0.1, -0.05) is 23.7 Å². The number of carboxylic acid groups (broad SMARTS) is 1. The fourth-order valence-electron chi connectivity index (χ4n) is 2.28. The molecule has 0 aliphatic heterocycles. The van der Waals surface area contributed by atoms with Crippen LogP contribution in [0.4, 0.5) is 11.4 Å². The van der Waals surface area contributed by atoms with E-state index in [0.717, 1.165) is 28.0 Å². The van der Waals surface area contributed by atoms with Crippen molar-refractivity contribution in [3.05, 3.63) is 64.8 Å². The lowest BCUT2D eigenvalue weighted by atomic mass is 10.1. The molecule has 3 aromatic rings. The molecule has 1 aromatic heterocycles. The number of carbonyl (C=O) groups excluding carboxylic acids is 1. The average molecular weight is 312 g/mol. The third kappa shape index (κ3) is 2.87. The summed E-state index contributed by atoms with van der Waals surface area (Å²) in [6.07, 6.45) is 0. The molecule has 0 aliphatic carbocycles. The Labute approximate surface area is 132 Å². The Hall–Kier alpha value is -2.59. The van der Waals surface area contributed by atoms with E-state index in [9.17, 15) is 9.90 Å². The van der Waals surface area contributed by atoms with Crippen LogP contribution < -0.4 is 10.4 Å². The smallest absolute Gasteiger partial charge is 0.0727 e. The summed E-state index contributed by atoms with van der Waals surface area (Å²) in [6.45, 7) is 1.92. The molecule has 0 atom stereocenters. The highest BCUT2D eigenvalue weighted by Gasteiger charge is 2.06. The minimum absolute atomic E-state index is 0.143. The second kappa shape index (κ2) is 5.66. The van der Waals surface area contributed by atoms with Gasteiger partial charge in [0.1, 0.15) is 0 Å². The Morgan fingerprint density at radius 2 is 1.86 bits per heavy atom. The monoisotopic (exact) mass is 311 g/mol. The minimum atomic E-state index is -1.19. The average Bonchev–Trinajstić information content (AvgIpc) is 2.48.